The van der Waals surface area contributed by atoms with Gasteiger partial charge in [0.1, 0.15) is 11.6 Å². The molecule has 2 N–H and O–H groups in total. The van der Waals surface area contributed by atoms with E-state index in [9.17, 15) is 19.8 Å². The number of carbonyl (C=O) groups excluding carboxylic acids is 1. The Morgan fingerprint density at radius 1 is 1.12 bits per heavy atom. The van der Waals surface area contributed by atoms with Crippen molar-refractivity contribution in [1.29, 1.82) is 0 Å². The molecule has 1 aromatic carbocycles. The topological polar surface area (TPSA) is 102 Å². The number of Topliss-reactive ketones (excluding diaryl/α,β-unsaturated/α-hetero) is 1. The molecular weight excluding hydrogens is 556 g/mol. The summed E-state index contributed by atoms with van der Waals surface area (Å²) in [6, 6.07) is 5.98. The quantitative estimate of drug-likeness (QED) is 0.145. The van der Waals surface area contributed by atoms with Gasteiger partial charge in [0, 0.05) is 24.8 Å². The van der Waals surface area contributed by atoms with E-state index < -0.39 is 25.8 Å². The Morgan fingerprint density at radius 2 is 1.74 bits per heavy atom. The van der Waals surface area contributed by atoms with Gasteiger partial charge in [-0.15, -0.1) is 0 Å². The summed E-state index contributed by atoms with van der Waals surface area (Å²) in [4.78, 5) is 29.5. The maximum absolute atomic E-state index is 13.7. The van der Waals surface area contributed by atoms with Crippen LogP contribution in [-0.4, -0.2) is 45.9 Å². The summed E-state index contributed by atoms with van der Waals surface area (Å²) in [5.74, 6) is -0.0239. The molecule has 0 aliphatic carbocycles. The molecule has 0 radical (unpaired) electrons. The molecular formula is C35H58N2O5Si. The Hall–Kier alpha value is -2.29. The molecule has 0 spiro atoms. The van der Waals surface area contributed by atoms with Crippen LogP contribution in [0.4, 0.5) is 0 Å². The van der Waals surface area contributed by atoms with Crippen LogP contribution in [-0.2, 0) is 21.1 Å². The summed E-state index contributed by atoms with van der Waals surface area (Å²) in [7, 11) is -0.167. The number of allylic oxidation sites excluding steroid dienone is 1. The fraction of sp³-hybridized carbons (Fsp3) is 0.686. The van der Waals surface area contributed by atoms with E-state index in [4.69, 9.17) is 4.43 Å². The molecule has 1 aromatic heterocycles. The molecule has 0 unspecified atom stereocenters. The lowest BCUT2D eigenvalue weighted by atomic mass is 9.74. The Kier molecular flexibility index (Phi) is 12.6. The second kappa shape index (κ2) is 14.7. The summed E-state index contributed by atoms with van der Waals surface area (Å²) in [6.07, 6.45) is 4.94. The summed E-state index contributed by atoms with van der Waals surface area (Å²) >= 11 is 0. The Bertz CT molecular complexity index is 1290. The molecule has 2 rings (SSSR count). The van der Waals surface area contributed by atoms with Crippen molar-refractivity contribution in [3.05, 3.63) is 41.2 Å². The minimum Gasteiger partial charge on any atom is -0.481 e. The molecule has 7 nitrogen and oxygen atoms in total. The molecule has 2 aromatic rings. The number of aliphatic hydroxyl groups is 1. The number of nitrogens with zero attached hydrogens (tertiary/aromatic N) is 2. The van der Waals surface area contributed by atoms with Crippen molar-refractivity contribution in [3.63, 3.8) is 0 Å². The van der Waals surface area contributed by atoms with Gasteiger partial charge in [-0.2, -0.15) is 0 Å². The largest absolute Gasteiger partial charge is 0.481 e. The fourth-order valence-electron chi connectivity index (χ4n) is 5.50. The number of carbonyl (C=O) groups is 2. The SMILES string of the molecule is C/C(=C/C[C@H](O)c1ccc2c(c1)nc(C)n2C)CCC[C@H](C)[C@H](O[Si](C)(C)C(C)(C)C)[C@@H](C)C(=O)C(C)(C)CCC(=O)O. The lowest BCUT2D eigenvalue weighted by Gasteiger charge is -2.43. The number of aryl methyl sites for hydroxylation is 2. The Morgan fingerprint density at radius 3 is 2.33 bits per heavy atom. The molecule has 0 saturated carbocycles. The van der Waals surface area contributed by atoms with Crippen LogP contribution in [0.15, 0.2) is 29.8 Å². The Balaban J connectivity index is 2.08. The second-order valence-electron chi connectivity index (χ2n) is 14.9. The maximum atomic E-state index is 13.7. The van der Waals surface area contributed by atoms with Crippen LogP contribution in [0, 0.1) is 24.2 Å². The van der Waals surface area contributed by atoms with E-state index in [1.54, 1.807) is 0 Å². The van der Waals surface area contributed by atoms with Crippen LogP contribution in [0.3, 0.4) is 0 Å². The zero-order valence-corrected chi connectivity index (χ0v) is 29.9. The molecule has 0 fully saturated rings. The van der Waals surface area contributed by atoms with E-state index in [1.165, 1.54) is 5.57 Å². The lowest BCUT2D eigenvalue weighted by molar-refractivity contribution is -0.139. The van der Waals surface area contributed by atoms with Crippen molar-refractivity contribution in [2.75, 3.05) is 0 Å². The number of aliphatic hydroxyl groups excluding tert-OH is 1. The van der Waals surface area contributed by atoms with Crippen LogP contribution in [0.5, 0.6) is 0 Å². The van der Waals surface area contributed by atoms with E-state index in [1.807, 2.05) is 52.9 Å². The molecule has 0 bridgehead atoms. The number of aromatic nitrogens is 2. The first-order chi connectivity index (χ1) is 19.7. The van der Waals surface area contributed by atoms with E-state index in [2.05, 4.69) is 63.3 Å². The van der Waals surface area contributed by atoms with Gasteiger partial charge in [-0.3, -0.25) is 9.59 Å². The average Bonchev–Trinajstić information content (AvgIpc) is 3.19. The molecule has 4 atom stereocenters. The third-order valence-electron chi connectivity index (χ3n) is 9.77. The van der Waals surface area contributed by atoms with Gasteiger partial charge in [-0.25, -0.2) is 4.98 Å². The third kappa shape index (κ3) is 9.85. The van der Waals surface area contributed by atoms with E-state index in [0.29, 0.717) is 12.8 Å². The molecule has 1 heterocycles. The predicted molar refractivity (Wildman–Crippen MR) is 179 cm³/mol. The number of benzene rings is 1. The number of carboxylic acids is 1. The molecule has 242 valence electrons. The van der Waals surface area contributed by atoms with Crippen molar-refractivity contribution in [3.8, 4) is 0 Å². The van der Waals surface area contributed by atoms with E-state index in [-0.39, 0.29) is 35.2 Å². The van der Waals surface area contributed by atoms with Gasteiger partial charge >= 0.3 is 5.97 Å². The van der Waals surface area contributed by atoms with Gasteiger partial charge in [0.15, 0.2) is 8.32 Å². The summed E-state index contributed by atoms with van der Waals surface area (Å²) in [5, 5.41) is 20.1. The van der Waals surface area contributed by atoms with Crippen molar-refractivity contribution in [2.45, 2.75) is 131 Å². The van der Waals surface area contributed by atoms with E-state index in [0.717, 1.165) is 41.7 Å². The number of rotatable bonds is 16. The number of ketones is 1. The number of hydrogen-bond donors (Lipinski definition) is 2. The smallest absolute Gasteiger partial charge is 0.303 e. The van der Waals surface area contributed by atoms with Gasteiger partial charge < -0.3 is 19.2 Å². The first-order valence-electron chi connectivity index (χ1n) is 15.9. The van der Waals surface area contributed by atoms with Crippen molar-refractivity contribution in [2.24, 2.45) is 24.3 Å². The van der Waals surface area contributed by atoms with Crippen LogP contribution < -0.4 is 0 Å². The van der Waals surface area contributed by atoms with Crippen LogP contribution in [0.25, 0.3) is 11.0 Å². The number of carboxylic acid groups (broad SMARTS) is 1. The van der Waals surface area contributed by atoms with Gasteiger partial charge in [-0.1, -0.05) is 66.2 Å². The van der Waals surface area contributed by atoms with Crippen molar-refractivity contribution in [1.82, 2.24) is 9.55 Å². The molecule has 43 heavy (non-hydrogen) atoms. The normalized spacial score (nSPS) is 16.3. The maximum Gasteiger partial charge on any atom is 0.303 e. The first kappa shape index (κ1) is 36.9. The van der Waals surface area contributed by atoms with Gasteiger partial charge in [0.2, 0.25) is 0 Å². The number of aliphatic carboxylic acids is 1. The molecule has 0 saturated heterocycles. The van der Waals surface area contributed by atoms with Gasteiger partial charge in [-0.05, 0) is 87.7 Å². The highest BCUT2D eigenvalue weighted by molar-refractivity contribution is 6.74. The molecule has 0 aliphatic rings. The number of fused-ring (bicyclic) bond motifs is 1. The summed E-state index contributed by atoms with van der Waals surface area (Å²) in [5.41, 5.74) is 3.34. The summed E-state index contributed by atoms with van der Waals surface area (Å²) < 4.78 is 8.99. The summed E-state index contributed by atoms with van der Waals surface area (Å²) in [6.45, 7) is 23.1. The standard InChI is InChI=1S/C35H58N2O5Si/c1-23(16-19-30(38)27-17-18-29-28(22-27)36-26(4)37(29)10)14-13-15-24(2)32(42-43(11,12)34(5,6)7)25(3)33(41)35(8,9)21-20-31(39)40/h16-18,22,24-25,30,32,38H,13-15,19-21H2,1-12H3,(H,39,40)/b23-16-/t24-,25+,30-,32-/m0/s1. The minimum absolute atomic E-state index is 0.00660. The lowest BCUT2D eigenvalue weighted by Crippen LogP contribution is -2.50. The monoisotopic (exact) mass is 614 g/mol. The van der Waals surface area contributed by atoms with Gasteiger partial charge in [0.05, 0.1) is 23.2 Å². The zero-order valence-electron chi connectivity index (χ0n) is 28.9. The second-order valence-corrected chi connectivity index (χ2v) is 19.7. The van der Waals surface area contributed by atoms with Crippen LogP contribution in [0.1, 0.15) is 111 Å². The van der Waals surface area contributed by atoms with E-state index >= 15 is 0 Å². The Labute approximate surface area is 261 Å². The minimum atomic E-state index is -2.16. The fourth-order valence-corrected chi connectivity index (χ4v) is 6.97. The number of hydrogen-bond acceptors (Lipinski definition) is 5. The van der Waals surface area contributed by atoms with Crippen molar-refractivity contribution >= 4 is 31.1 Å². The highest BCUT2D eigenvalue weighted by Gasteiger charge is 2.44. The number of imidazole rings is 1. The van der Waals surface area contributed by atoms with Crippen molar-refractivity contribution < 1.29 is 24.2 Å². The molecule has 0 aliphatic heterocycles. The molecule has 0 amide bonds. The first-order valence-corrected chi connectivity index (χ1v) is 18.8. The highest BCUT2D eigenvalue weighted by Crippen LogP contribution is 2.41. The van der Waals surface area contributed by atoms with Crippen LogP contribution in [0.2, 0.25) is 18.1 Å². The predicted octanol–water partition coefficient (Wildman–Crippen LogP) is 8.54. The van der Waals surface area contributed by atoms with Crippen LogP contribution >= 0.6 is 0 Å². The zero-order chi connectivity index (χ0) is 32.9. The third-order valence-corrected chi connectivity index (χ3v) is 14.2. The molecule has 8 heteroatoms. The van der Waals surface area contributed by atoms with Gasteiger partial charge in [0.25, 0.3) is 0 Å². The average molecular weight is 615 g/mol. The highest BCUT2D eigenvalue weighted by atomic mass is 28.4.